The highest BCUT2D eigenvalue weighted by atomic mass is 16.5. The van der Waals surface area contributed by atoms with Gasteiger partial charge < -0.3 is 18.8 Å². The van der Waals surface area contributed by atoms with Crippen molar-refractivity contribution < 1.29 is 18.7 Å². The molecular formula is C20H26N2O4. The number of rotatable bonds is 5. The molecule has 6 heteroatoms. The van der Waals surface area contributed by atoms with Gasteiger partial charge in [-0.3, -0.25) is 4.79 Å². The van der Waals surface area contributed by atoms with Crippen LogP contribution in [0.5, 0.6) is 5.75 Å². The van der Waals surface area contributed by atoms with Crippen molar-refractivity contribution in [1.29, 1.82) is 0 Å². The highest BCUT2D eigenvalue weighted by Crippen LogP contribution is 2.24. The second-order valence-corrected chi connectivity index (χ2v) is 7.31. The van der Waals surface area contributed by atoms with E-state index in [0.717, 1.165) is 11.3 Å². The third-order valence-corrected chi connectivity index (χ3v) is 4.40. The summed E-state index contributed by atoms with van der Waals surface area (Å²) in [7, 11) is 1.63. The Morgan fingerprint density at radius 2 is 2.08 bits per heavy atom. The lowest BCUT2D eigenvalue weighted by Crippen LogP contribution is -2.53. The quantitative estimate of drug-likeness (QED) is 0.820. The molecule has 2 aromatic rings. The fourth-order valence-electron chi connectivity index (χ4n) is 3.33. The maximum Gasteiger partial charge on any atom is 0.223 e. The molecule has 0 N–H and O–H groups in total. The van der Waals surface area contributed by atoms with E-state index in [4.69, 9.17) is 13.9 Å². The van der Waals surface area contributed by atoms with Crippen LogP contribution in [0.2, 0.25) is 0 Å². The van der Waals surface area contributed by atoms with Crippen molar-refractivity contribution in [3.63, 3.8) is 0 Å². The van der Waals surface area contributed by atoms with E-state index in [2.05, 4.69) is 4.98 Å². The Labute approximate surface area is 154 Å². The number of hydrogen-bond acceptors (Lipinski definition) is 5. The monoisotopic (exact) mass is 358 g/mol. The van der Waals surface area contributed by atoms with Crippen LogP contribution in [0, 0.1) is 0 Å². The SMILES string of the molecule is COc1ccc(-c2cnc(CCC(=O)N3C[C@@H](C)OC(C)(C)C3)o2)cc1. The molecule has 6 nitrogen and oxygen atoms in total. The summed E-state index contributed by atoms with van der Waals surface area (Å²) in [5.41, 5.74) is 0.622. The number of amides is 1. The molecule has 1 saturated heterocycles. The van der Waals surface area contributed by atoms with Crippen LogP contribution in [0.15, 0.2) is 34.9 Å². The molecule has 1 aliphatic rings. The summed E-state index contributed by atoms with van der Waals surface area (Å²) in [6.07, 6.45) is 2.61. The zero-order valence-electron chi connectivity index (χ0n) is 15.8. The van der Waals surface area contributed by atoms with Crippen LogP contribution < -0.4 is 4.74 Å². The Hall–Kier alpha value is -2.34. The lowest BCUT2D eigenvalue weighted by atomic mass is 10.0. The van der Waals surface area contributed by atoms with Gasteiger partial charge in [-0.05, 0) is 45.0 Å². The minimum Gasteiger partial charge on any atom is -0.497 e. The van der Waals surface area contributed by atoms with Gasteiger partial charge in [0.25, 0.3) is 0 Å². The number of carbonyl (C=O) groups excluding carboxylic acids is 1. The van der Waals surface area contributed by atoms with E-state index in [1.165, 1.54) is 0 Å². The molecule has 0 radical (unpaired) electrons. The van der Waals surface area contributed by atoms with E-state index in [1.807, 2.05) is 49.9 Å². The number of aryl methyl sites for hydroxylation is 1. The van der Waals surface area contributed by atoms with E-state index in [9.17, 15) is 4.79 Å². The zero-order valence-corrected chi connectivity index (χ0v) is 15.8. The minimum atomic E-state index is -0.308. The van der Waals surface area contributed by atoms with Crippen LogP contribution >= 0.6 is 0 Å². The van der Waals surface area contributed by atoms with E-state index in [1.54, 1.807) is 13.3 Å². The van der Waals surface area contributed by atoms with Crippen LogP contribution in [0.3, 0.4) is 0 Å². The van der Waals surface area contributed by atoms with Crippen LogP contribution in [0.4, 0.5) is 0 Å². The number of oxazole rings is 1. The molecule has 0 bridgehead atoms. The second kappa shape index (κ2) is 7.50. The Bertz CT molecular complexity index is 751. The first-order valence-corrected chi connectivity index (χ1v) is 8.91. The first-order chi connectivity index (χ1) is 12.4. The number of methoxy groups -OCH3 is 1. The summed E-state index contributed by atoms with van der Waals surface area (Å²) in [5, 5.41) is 0. The van der Waals surface area contributed by atoms with Gasteiger partial charge in [0, 0.05) is 31.5 Å². The average Bonchev–Trinajstić information content (AvgIpc) is 3.07. The Morgan fingerprint density at radius 3 is 2.73 bits per heavy atom. The molecule has 140 valence electrons. The maximum atomic E-state index is 12.5. The van der Waals surface area contributed by atoms with Gasteiger partial charge in [0.2, 0.25) is 5.91 Å². The molecule has 1 aromatic carbocycles. The predicted octanol–water partition coefficient (Wildman–Crippen LogP) is 3.31. The van der Waals surface area contributed by atoms with Crippen molar-refractivity contribution in [2.45, 2.75) is 45.3 Å². The summed E-state index contributed by atoms with van der Waals surface area (Å²) < 4.78 is 16.8. The smallest absolute Gasteiger partial charge is 0.223 e. The normalized spacial score (nSPS) is 19.4. The van der Waals surface area contributed by atoms with Crippen molar-refractivity contribution in [1.82, 2.24) is 9.88 Å². The van der Waals surface area contributed by atoms with Gasteiger partial charge in [-0.1, -0.05) is 0 Å². The zero-order chi connectivity index (χ0) is 18.7. The van der Waals surface area contributed by atoms with Gasteiger partial charge in [-0.25, -0.2) is 4.98 Å². The summed E-state index contributed by atoms with van der Waals surface area (Å²) in [6, 6.07) is 7.60. The van der Waals surface area contributed by atoms with Crippen molar-refractivity contribution in [3.05, 3.63) is 36.4 Å². The summed E-state index contributed by atoms with van der Waals surface area (Å²) >= 11 is 0. The molecule has 1 aromatic heterocycles. The highest BCUT2D eigenvalue weighted by molar-refractivity contribution is 5.76. The number of aromatic nitrogens is 1. The largest absolute Gasteiger partial charge is 0.497 e. The summed E-state index contributed by atoms with van der Waals surface area (Å²) in [6.45, 7) is 7.26. The average molecular weight is 358 g/mol. The van der Waals surface area contributed by atoms with Crippen molar-refractivity contribution in [3.8, 4) is 17.1 Å². The molecule has 2 heterocycles. The van der Waals surface area contributed by atoms with Gasteiger partial charge in [0.1, 0.15) is 5.75 Å². The maximum absolute atomic E-state index is 12.5. The molecule has 1 atom stereocenters. The van der Waals surface area contributed by atoms with Crippen LogP contribution in [0.1, 0.15) is 33.1 Å². The Kier molecular flexibility index (Phi) is 5.32. The van der Waals surface area contributed by atoms with E-state index in [-0.39, 0.29) is 17.6 Å². The minimum absolute atomic E-state index is 0.0473. The van der Waals surface area contributed by atoms with Crippen LogP contribution in [-0.4, -0.2) is 47.7 Å². The third kappa shape index (κ3) is 4.43. The molecule has 0 spiro atoms. The third-order valence-electron chi connectivity index (χ3n) is 4.40. The Balaban J connectivity index is 1.58. The van der Waals surface area contributed by atoms with E-state index < -0.39 is 0 Å². The van der Waals surface area contributed by atoms with Crippen molar-refractivity contribution >= 4 is 5.91 Å². The standard InChI is InChI=1S/C20H26N2O4/c1-14-12-22(13-20(2,3)26-14)19(23)10-9-18-21-11-17(25-18)15-5-7-16(24-4)8-6-15/h5-8,11,14H,9-10,12-13H2,1-4H3/t14-/m1/s1. The molecule has 3 rings (SSSR count). The van der Waals surface area contributed by atoms with Crippen molar-refractivity contribution in [2.75, 3.05) is 20.2 Å². The fourth-order valence-corrected chi connectivity index (χ4v) is 3.33. The van der Waals surface area contributed by atoms with E-state index in [0.29, 0.717) is 37.6 Å². The molecule has 1 fully saturated rings. The van der Waals surface area contributed by atoms with E-state index >= 15 is 0 Å². The summed E-state index contributed by atoms with van der Waals surface area (Å²) in [4.78, 5) is 18.7. The molecular weight excluding hydrogens is 332 g/mol. The Morgan fingerprint density at radius 1 is 1.35 bits per heavy atom. The molecule has 0 unspecified atom stereocenters. The van der Waals surface area contributed by atoms with Crippen LogP contribution in [0.25, 0.3) is 11.3 Å². The molecule has 26 heavy (non-hydrogen) atoms. The first kappa shape index (κ1) is 18.5. The number of benzene rings is 1. The molecule has 0 saturated carbocycles. The lowest BCUT2D eigenvalue weighted by molar-refractivity contribution is -0.158. The number of nitrogens with zero attached hydrogens (tertiary/aromatic N) is 2. The van der Waals surface area contributed by atoms with Gasteiger partial charge >= 0.3 is 0 Å². The number of ether oxygens (including phenoxy) is 2. The number of hydrogen-bond donors (Lipinski definition) is 0. The molecule has 0 aliphatic carbocycles. The van der Waals surface area contributed by atoms with Crippen LogP contribution in [-0.2, 0) is 16.0 Å². The van der Waals surface area contributed by atoms with Gasteiger partial charge in [0.05, 0.1) is 25.0 Å². The molecule has 1 amide bonds. The van der Waals surface area contributed by atoms with Crippen molar-refractivity contribution in [2.24, 2.45) is 0 Å². The van der Waals surface area contributed by atoms with Gasteiger partial charge in [-0.2, -0.15) is 0 Å². The first-order valence-electron chi connectivity index (χ1n) is 8.91. The topological polar surface area (TPSA) is 64.8 Å². The summed E-state index contributed by atoms with van der Waals surface area (Å²) in [5.74, 6) is 2.17. The van der Waals surface area contributed by atoms with Gasteiger partial charge in [-0.15, -0.1) is 0 Å². The number of morpholine rings is 1. The van der Waals surface area contributed by atoms with Gasteiger partial charge in [0.15, 0.2) is 11.7 Å². The molecule has 1 aliphatic heterocycles. The highest BCUT2D eigenvalue weighted by Gasteiger charge is 2.33. The predicted molar refractivity (Wildman–Crippen MR) is 98.0 cm³/mol. The lowest BCUT2D eigenvalue weighted by Gasteiger charge is -2.41. The second-order valence-electron chi connectivity index (χ2n) is 7.31. The fraction of sp³-hybridized carbons (Fsp3) is 0.500. The number of carbonyl (C=O) groups is 1.